The summed E-state index contributed by atoms with van der Waals surface area (Å²) in [6.45, 7) is 0.574. The van der Waals surface area contributed by atoms with Crippen molar-refractivity contribution in [3.8, 4) is 22.8 Å². The monoisotopic (exact) mass is 370 g/mol. The molecule has 0 aliphatic rings. The third-order valence-corrected chi connectivity index (χ3v) is 3.98. The van der Waals surface area contributed by atoms with Crippen molar-refractivity contribution in [3.05, 3.63) is 78.4 Å². The quantitative estimate of drug-likeness (QED) is 0.524. The predicted octanol–water partition coefficient (Wildman–Crippen LogP) is 4.67. The summed E-state index contributed by atoms with van der Waals surface area (Å²) in [6, 6.07) is 16.8. The van der Waals surface area contributed by atoms with E-state index >= 15 is 0 Å². The summed E-state index contributed by atoms with van der Waals surface area (Å²) in [4.78, 5) is 7.79. The summed E-state index contributed by atoms with van der Waals surface area (Å²) in [6.07, 6.45) is -1.04. The van der Waals surface area contributed by atoms with Gasteiger partial charge in [-0.3, -0.25) is 0 Å². The van der Waals surface area contributed by atoms with Gasteiger partial charge in [0.1, 0.15) is 5.82 Å². The number of aromatic nitrogens is 4. The van der Waals surface area contributed by atoms with Crippen LogP contribution >= 0.6 is 0 Å². The summed E-state index contributed by atoms with van der Waals surface area (Å²) in [5.41, 5.74) is 2.42. The van der Waals surface area contributed by atoms with Gasteiger partial charge in [0.25, 0.3) is 0 Å². The van der Waals surface area contributed by atoms with Crippen molar-refractivity contribution in [1.29, 1.82) is 0 Å². The third-order valence-electron chi connectivity index (χ3n) is 3.98. The zero-order chi connectivity index (χ0) is 18.9. The molecule has 0 amide bonds. The van der Waals surface area contributed by atoms with Crippen molar-refractivity contribution in [3.63, 3.8) is 0 Å². The molecule has 0 fully saturated rings. The van der Waals surface area contributed by atoms with Crippen LogP contribution in [0, 0.1) is 0 Å². The normalized spacial score (nSPS) is 11.7. The second-order valence-electron chi connectivity index (χ2n) is 5.86. The topological polar surface area (TPSA) is 56.7 Å². The van der Waals surface area contributed by atoms with E-state index in [0.29, 0.717) is 12.1 Å². The summed E-state index contributed by atoms with van der Waals surface area (Å²) < 4.78 is 44.0. The van der Waals surface area contributed by atoms with Gasteiger partial charge in [-0.15, -0.1) is 0 Å². The maximum absolute atomic E-state index is 12.6. The van der Waals surface area contributed by atoms with E-state index < -0.39 is 12.1 Å². The molecule has 0 bridgehead atoms. The van der Waals surface area contributed by atoms with E-state index in [1.807, 2.05) is 53.2 Å². The van der Waals surface area contributed by atoms with Crippen molar-refractivity contribution in [1.82, 2.24) is 19.7 Å². The highest BCUT2D eigenvalue weighted by atomic mass is 19.4. The number of halogens is 3. The average molecular weight is 370 g/mol. The Morgan fingerprint density at radius 1 is 0.926 bits per heavy atom. The maximum atomic E-state index is 12.6. The van der Waals surface area contributed by atoms with Gasteiger partial charge in [0.2, 0.25) is 5.82 Å². The number of hydrogen-bond donors (Lipinski definition) is 0. The standard InChI is InChI=1S/C19H13F3N4O/c20-19(21,22)18-24-16(25-27-18)14-8-6-13(7-9-14)12-26-11-10-23-17(26)15-4-2-1-3-5-15/h1-11H,12H2. The second-order valence-corrected chi connectivity index (χ2v) is 5.86. The van der Waals surface area contributed by atoms with Crippen molar-refractivity contribution < 1.29 is 17.7 Å². The van der Waals surface area contributed by atoms with Crippen LogP contribution in [0.5, 0.6) is 0 Å². The molecule has 2 aromatic carbocycles. The predicted molar refractivity (Wildman–Crippen MR) is 91.5 cm³/mol. The molecule has 0 spiro atoms. The lowest BCUT2D eigenvalue weighted by molar-refractivity contribution is -0.159. The molecule has 0 radical (unpaired) electrons. The van der Waals surface area contributed by atoms with Crippen molar-refractivity contribution in [2.45, 2.75) is 12.7 Å². The third kappa shape index (κ3) is 3.59. The number of alkyl halides is 3. The van der Waals surface area contributed by atoms with Gasteiger partial charge in [-0.25, -0.2) is 4.98 Å². The van der Waals surface area contributed by atoms with E-state index in [4.69, 9.17) is 0 Å². The van der Waals surface area contributed by atoms with Gasteiger partial charge in [-0.2, -0.15) is 18.2 Å². The number of hydrogen-bond acceptors (Lipinski definition) is 4. The highest BCUT2D eigenvalue weighted by Gasteiger charge is 2.38. The van der Waals surface area contributed by atoms with Gasteiger partial charge < -0.3 is 9.09 Å². The van der Waals surface area contributed by atoms with Crippen LogP contribution in [0.25, 0.3) is 22.8 Å². The van der Waals surface area contributed by atoms with E-state index in [2.05, 4.69) is 19.6 Å². The van der Waals surface area contributed by atoms with Gasteiger partial charge in [0.05, 0.1) is 0 Å². The average Bonchev–Trinajstić information content (AvgIpc) is 3.32. The van der Waals surface area contributed by atoms with Crippen LogP contribution in [-0.4, -0.2) is 19.7 Å². The zero-order valence-electron chi connectivity index (χ0n) is 13.9. The van der Waals surface area contributed by atoms with E-state index in [1.54, 1.807) is 18.3 Å². The fourth-order valence-corrected chi connectivity index (χ4v) is 2.70. The largest absolute Gasteiger partial charge is 0.471 e. The molecule has 136 valence electrons. The lowest BCUT2D eigenvalue weighted by Crippen LogP contribution is -2.04. The minimum absolute atomic E-state index is 0.0959. The summed E-state index contributed by atoms with van der Waals surface area (Å²) in [7, 11) is 0. The first-order valence-corrected chi connectivity index (χ1v) is 8.07. The minimum atomic E-state index is -4.65. The molecule has 0 atom stereocenters. The minimum Gasteiger partial charge on any atom is -0.329 e. The molecule has 2 aromatic heterocycles. The number of rotatable bonds is 4. The van der Waals surface area contributed by atoms with Crippen LogP contribution in [0.1, 0.15) is 11.5 Å². The highest BCUT2D eigenvalue weighted by Crippen LogP contribution is 2.29. The fraction of sp³-hybridized carbons (Fsp3) is 0.105. The smallest absolute Gasteiger partial charge is 0.329 e. The molecule has 0 saturated carbocycles. The highest BCUT2D eigenvalue weighted by molar-refractivity contribution is 5.56. The van der Waals surface area contributed by atoms with Crippen LogP contribution in [0.2, 0.25) is 0 Å². The van der Waals surface area contributed by atoms with E-state index in [9.17, 15) is 13.2 Å². The van der Waals surface area contributed by atoms with Crippen LogP contribution in [-0.2, 0) is 12.7 Å². The molecule has 2 heterocycles. The van der Waals surface area contributed by atoms with Crippen LogP contribution in [0.4, 0.5) is 13.2 Å². The lowest BCUT2D eigenvalue weighted by Gasteiger charge is -2.08. The first-order valence-electron chi connectivity index (χ1n) is 8.07. The number of nitrogens with zero attached hydrogens (tertiary/aromatic N) is 4. The molecule has 0 aliphatic heterocycles. The molecule has 4 rings (SSSR count). The van der Waals surface area contributed by atoms with Crippen molar-refractivity contribution in [2.24, 2.45) is 0 Å². The fourth-order valence-electron chi connectivity index (χ4n) is 2.70. The van der Waals surface area contributed by atoms with Gasteiger partial charge in [-0.05, 0) is 5.56 Å². The summed E-state index contributed by atoms with van der Waals surface area (Å²) >= 11 is 0. The lowest BCUT2D eigenvalue weighted by atomic mass is 10.1. The van der Waals surface area contributed by atoms with Gasteiger partial charge in [0, 0.05) is 30.1 Å². The van der Waals surface area contributed by atoms with E-state index in [1.165, 1.54) is 0 Å². The number of benzene rings is 2. The SMILES string of the molecule is FC(F)(F)c1nc(-c2ccc(Cn3ccnc3-c3ccccc3)cc2)no1. The molecule has 0 N–H and O–H groups in total. The zero-order valence-corrected chi connectivity index (χ0v) is 13.9. The van der Waals surface area contributed by atoms with Crippen LogP contribution in [0.15, 0.2) is 71.5 Å². The molecule has 0 aliphatic carbocycles. The molecule has 27 heavy (non-hydrogen) atoms. The van der Waals surface area contributed by atoms with Crippen molar-refractivity contribution in [2.75, 3.05) is 0 Å². The van der Waals surface area contributed by atoms with Crippen LogP contribution < -0.4 is 0 Å². The first-order chi connectivity index (χ1) is 13.0. The number of imidazole rings is 1. The van der Waals surface area contributed by atoms with Crippen molar-refractivity contribution >= 4 is 0 Å². The van der Waals surface area contributed by atoms with Gasteiger partial charge >= 0.3 is 12.1 Å². The van der Waals surface area contributed by atoms with Crippen LogP contribution in [0.3, 0.4) is 0 Å². The Morgan fingerprint density at radius 2 is 1.67 bits per heavy atom. The summed E-state index contributed by atoms with van der Waals surface area (Å²) in [5, 5.41) is 3.39. The molecule has 4 aromatic rings. The van der Waals surface area contributed by atoms with Gasteiger partial charge in [0.15, 0.2) is 0 Å². The van der Waals surface area contributed by atoms with E-state index in [0.717, 1.165) is 17.0 Å². The Bertz CT molecular complexity index is 1040. The Morgan fingerprint density at radius 3 is 2.33 bits per heavy atom. The van der Waals surface area contributed by atoms with E-state index in [-0.39, 0.29) is 5.82 Å². The first kappa shape index (κ1) is 17.0. The molecular weight excluding hydrogens is 357 g/mol. The van der Waals surface area contributed by atoms with Gasteiger partial charge in [-0.1, -0.05) is 59.8 Å². The Labute approximate surface area is 152 Å². The Hall–Kier alpha value is -3.42. The summed E-state index contributed by atoms with van der Waals surface area (Å²) in [5.74, 6) is -0.610. The Balaban J connectivity index is 1.54. The molecular formula is C19H13F3N4O. The molecule has 0 saturated heterocycles. The maximum Gasteiger partial charge on any atom is 0.471 e. The molecule has 5 nitrogen and oxygen atoms in total. The molecule has 8 heteroatoms. The second kappa shape index (κ2) is 6.71. The molecule has 0 unspecified atom stereocenters. The Kier molecular flexibility index (Phi) is 4.23.